The molecule has 2 nitrogen and oxygen atoms in total. The largest absolute Gasteiger partial charge is 0.495 e. The van der Waals surface area contributed by atoms with E-state index in [4.69, 9.17) is 22.1 Å². The number of nitrogens with two attached hydrogens (primary N) is 1. The summed E-state index contributed by atoms with van der Waals surface area (Å²) in [6, 6.07) is 13.8. The van der Waals surface area contributed by atoms with Crippen LogP contribution in [0.3, 0.4) is 0 Å². The first-order valence-corrected chi connectivity index (χ1v) is 8.36. The third-order valence-corrected chi connectivity index (χ3v) is 5.33. The van der Waals surface area contributed by atoms with Crippen molar-refractivity contribution >= 4 is 49.0 Å². The minimum atomic E-state index is -0.271. The molecular weight excluding hydrogens is 370 g/mol. The molecule has 1 unspecified atom stereocenters. The van der Waals surface area contributed by atoms with Crippen molar-refractivity contribution in [3.8, 4) is 5.75 Å². The molecule has 5 heteroatoms. The Morgan fingerprint density at radius 2 is 2.00 bits per heavy atom. The van der Waals surface area contributed by atoms with E-state index in [1.807, 2.05) is 24.3 Å². The van der Waals surface area contributed by atoms with Gasteiger partial charge in [0.1, 0.15) is 5.75 Å². The van der Waals surface area contributed by atoms with Gasteiger partial charge in [0.2, 0.25) is 0 Å². The Labute approximate surface area is 140 Å². The van der Waals surface area contributed by atoms with Gasteiger partial charge in [0.05, 0.1) is 17.6 Å². The molecule has 108 valence electrons. The molecule has 2 N–H and O–H groups in total. The Balaban J connectivity index is 2.11. The fourth-order valence-electron chi connectivity index (χ4n) is 2.34. The molecule has 3 rings (SSSR count). The summed E-state index contributed by atoms with van der Waals surface area (Å²) in [7, 11) is 1.63. The fraction of sp³-hybridized carbons (Fsp3) is 0.125. The topological polar surface area (TPSA) is 35.2 Å². The van der Waals surface area contributed by atoms with Gasteiger partial charge in [-0.3, -0.25) is 0 Å². The number of thiophene rings is 1. The van der Waals surface area contributed by atoms with Crippen LogP contribution >= 0.6 is 38.9 Å². The van der Waals surface area contributed by atoms with Crippen molar-refractivity contribution in [3.05, 3.63) is 62.4 Å². The lowest BCUT2D eigenvalue weighted by atomic mass is 10.0. The second-order valence-electron chi connectivity index (χ2n) is 4.67. The number of hydrogen-bond donors (Lipinski definition) is 1. The predicted octanol–water partition coefficient (Wildman–Crippen LogP) is 5.37. The molecule has 0 bridgehead atoms. The molecule has 0 aliphatic heterocycles. The van der Waals surface area contributed by atoms with Crippen LogP contribution in [0.4, 0.5) is 0 Å². The minimum Gasteiger partial charge on any atom is -0.495 e. The maximum Gasteiger partial charge on any atom is 0.138 e. The average Bonchev–Trinajstić information content (AvgIpc) is 2.89. The van der Waals surface area contributed by atoms with Crippen LogP contribution in [-0.2, 0) is 0 Å². The summed E-state index contributed by atoms with van der Waals surface area (Å²) in [4.78, 5) is 1.09. The maximum absolute atomic E-state index is 6.45. The Morgan fingerprint density at radius 3 is 2.71 bits per heavy atom. The minimum absolute atomic E-state index is 0.271. The van der Waals surface area contributed by atoms with Gasteiger partial charge in [0.25, 0.3) is 0 Å². The SMILES string of the molecule is COc1c(Br)cc(Cl)cc1C(N)c1cc2ccccc2s1. The Kier molecular flexibility index (Phi) is 4.22. The third-order valence-electron chi connectivity index (χ3n) is 3.33. The summed E-state index contributed by atoms with van der Waals surface area (Å²) in [6.07, 6.45) is 0. The van der Waals surface area contributed by atoms with E-state index in [1.165, 1.54) is 10.1 Å². The second kappa shape index (κ2) is 5.97. The lowest BCUT2D eigenvalue weighted by molar-refractivity contribution is 0.405. The highest BCUT2D eigenvalue weighted by Crippen LogP contribution is 2.40. The van der Waals surface area contributed by atoms with Crippen molar-refractivity contribution in [2.24, 2.45) is 5.73 Å². The quantitative estimate of drug-likeness (QED) is 0.660. The monoisotopic (exact) mass is 381 g/mol. The van der Waals surface area contributed by atoms with E-state index in [9.17, 15) is 0 Å². The maximum atomic E-state index is 6.45. The van der Waals surface area contributed by atoms with Gasteiger partial charge >= 0.3 is 0 Å². The zero-order valence-corrected chi connectivity index (χ0v) is 14.4. The van der Waals surface area contributed by atoms with Crippen LogP contribution < -0.4 is 10.5 Å². The number of methoxy groups -OCH3 is 1. The van der Waals surface area contributed by atoms with Gasteiger partial charge in [-0.2, -0.15) is 0 Å². The molecule has 1 atom stereocenters. The molecule has 0 aliphatic carbocycles. The van der Waals surface area contributed by atoms with Crippen molar-refractivity contribution in [2.75, 3.05) is 7.11 Å². The molecule has 0 radical (unpaired) electrons. The number of fused-ring (bicyclic) bond motifs is 1. The number of hydrogen-bond acceptors (Lipinski definition) is 3. The van der Waals surface area contributed by atoms with Crippen LogP contribution in [0.15, 0.2) is 46.9 Å². The van der Waals surface area contributed by atoms with E-state index in [-0.39, 0.29) is 6.04 Å². The highest BCUT2D eigenvalue weighted by atomic mass is 79.9. The first-order chi connectivity index (χ1) is 10.1. The summed E-state index contributed by atoms with van der Waals surface area (Å²) >= 11 is 11.3. The van der Waals surface area contributed by atoms with Crippen molar-refractivity contribution in [2.45, 2.75) is 6.04 Å². The summed E-state index contributed by atoms with van der Waals surface area (Å²) in [5.74, 6) is 0.726. The zero-order valence-electron chi connectivity index (χ0n) is 11.3. The van der Waals surface area contributed by atoms with Crippen LogP contribution in [-0.4, -0.2) is 7.11 Å². The smallest absolute Gasteiger partial charge is 0.138 e. The third kappa shape index (κ3) is 2.81. The first-order valence-electron chi connectivity index (χ1n) is 6.37. The normalized spacial score (nSPS) is 12.6. The molecule has 0 spiro atoms. The molecule has 2 aromatic carbocycles. The van der Waals surface area contributed by atoms with Crippen LogP contribution in [0.25, 0.3) is 10.1 Å². The molecule has 21 heavy (non-hydrogen) atoms. The molecule has 0 aliphatic rings. The Hall–Kier alpha value is -1.07. The number of halogens is 2. The van der Waals surface area contributed by atoms with Crippen molar-refractivity contribution in [1.82, 2.24) is 0 Å². The Bertz CT molecular complexity index is 769. The highest BCUT2D eigenvalue weighted by molar-refractivity contribution is 9.10. The van der Waals surface area contributed by atoms with Crippen LogP contribution in [0.2, 0.25) is 5.02 Å². The summed E-state index contributed by atoms with van der Waals surface area (Å²) in [6.45, 7) is 0. The van der Waals surface area contributed by atoms with Crippen LogP contribution in [0.5, 0.6) is 5.75 Å². The summed E-state index contributed by atoms with van der Waals surface area (Å²) in [5, 5.41) is 1.84. The van der Waals surface area contributed by atoms with Gasteiger partial charge in [-0.1, -0.05) is 29.8 Å². The van der Waals surface area contributed by atoms with Gasteiger partial charge < -0.3 is 10.5 Å². The lowest BCUT2D eigenvalue weighted by Crippen LogP contribution is -2.12. The van der Waals surface area contributed by atoms with Crippen molar-refractivity contribution in [1.29, 1.82) is 0 Å². The van der Waals surface area contributed by atoms with Gasteiger partial charge in [-0.25, -0.2) is 0 Å². The molecule has 0 amide bonds. The van der Waals surface area contributed by atoms with E-state index in [2.05, 4.69) is 34.1 Å². The van der Waals surface area contributed by atoms with Crippen molar-refractivity contribution < 1.29 is 4.74 Å². The van der Waals surface area contributed by atoms with E-state index in [0.29, 0.717) is 5.02 Å². The molecule has 1 aromatic heterocycles. The number of rotatable bonds is 3. The highest BCUT2D eigenvalue weighted by Gasteiger charge is 2.19. The van der Waals surface area contributed by atoms with Gasteiger partial charge in [0, 0.05) is 20.2 Å². The number of benzene rings is 2. The molecule has 0 saturated heterocycles. The summed E-state index contributed by atoms with van der Waals surface area (Å²) < 4.78 is 7.50. The predicted molar refractivity (Wildman–Crippen MR) is 93.6 cm³/mol. The average molecular weight is 383 g/mol. The molecule has 1 heterocycles. The molecule has 0 saturated carbocycles. The van der Waals surface area contributed by atoms with Crippen LogP contribution in [0, 0.1) is 0 Å². The van der Waals surface area contributed by atoms with Crippen LogP contribution in [0.1, 0.15) is 16.5 Å². The second-order valence-corrected chi connectivity index (χ2v) is 7.08. The molecule has 3 aromatic rings. The molecular formula is C16H13BrClNOS. The first kappa shape index (κ1) is 14.9. The zero-order chi connectivity index (χ0) is 15.0. The van der Waals surface area contributed by atoms with Gasteiger partial charge in [0.15, 0.2) is 0 Å². The van der Waals surface area contributed by atoms with E-state index >= 15 is 0 Å². The summed E-state index contributed by atoms with van der Waals surface area (Å²) in [5.41, 5.74) is 7.32. The van der Waals surface area contributed by atoms with Gasteiger partial charge in [-0.05, 0) is 45.6 Å². The van der Waals surface area contributed by atoms with Gasteiger partial charge in [-0.15, -0.1) is 11.3 Å². The van der Waals surface area contributed by atoms with E-state index in [1.54, 1.807) is 18.4 Å². The lowest BCUT2D eigenvalue weighted by Gasteiger charge is -2.16. The Morgan fingerprint density at radius 1 is 1.24 bits per heavy atom. The standard InChI is InChI=1S/C16H13BrClNOS/c1-20-16-11(7-10(18)8-12(16)17)15(19)14-6-9-4-2-3-5-13(9)21-14/h2-8,15H,19H2,1H3. The molecule has 0 fully saturated rings. The fourth-order valence-corrected chi connectivity index (χ4v) is 4.42. The van der Waals surface area contributed by atoms with E-state index in [0.717, 1.165) is 20.7 Å². The van der Waals surface area contributed by atoms with Crippen molar-refractivity contribution in [3.63, 3.8) is 0 Å². The number of ether oxygens (including phenoxy) is 1. The van der Waals surface area contributed by atoms with E-state index < -0.39 is 0 Å².